The third-order valence-corrected chi connectivity index (χ3v) is 3.65. The third kappa shape index (κ3) is 3.95. The summed E-state index contributed by atoms with van der Waals surface area (Å²) in [6.45, 7) is 3.82. The Bertz CT molecular complexity index is 215. The number of amides is 1. The van der Waals surface area contributed by atoms with Crippen molar-refractivity contribution in [2.45, 2.75) is 58.0 Å². The van der Waals surface area contributed by atoms with Crippen molar-refractivity contribution in [2.24, 2.45) is 11.7 Å². The van der Waals surface area contributed by atoms with Crippen LogP contribution in [0.15, 0.2) is 0 Å². The highest BCUT2D eigenvalue weighted by Crippen LogP contribution is 2.22. The maximum absolute atomic E-state index is 12.0. The topological polar surface area (TPSA) is 46.3 Å². The first-order valence-electron chi connectivity index (χ1n) is 6.06. The molecule has 2 unspecified atom stereocenters. The van der Waals surface area contributed by atoms with Gasteiger partial charge in [0.05, 0.1) is 5.92 Å². The monoisotopic (exact) mass is 248 g/mol. The Morgan fingerprint density at radius 1 is 1.25 bits per heavy atom. The number of nitrogens with two attached hydrogens (primary N) is 1. The molecule has 3 nitrogen and oxygen atoms in total. The zero-order chi connectivity index (χ0) is 11.4. The molecule has 2 atom stereocenters. The van der Waals surface area contributed by atoms with Crippen LogP contribution in [0.5, 0.6) is 0 Å². The molecule has 16 heavy (non-hydrogen) atoms. The van der Waals surface area contributed by atoms with E-state index < -0.39 is 0 Å². The molecule has 0 aromatic rings. The summed E-state index contributed by atoms with van der Waals surface area (Å²) >= 11 is 0. The molecule has 0 radical (unpaired) electrons. The second-order valence-corrected chi connectivity index (χ2v) is 4.89. The van der Waals surface area contributed by atoms with E-state index in [1.807, 2.05) is 25.8 Å². The summed E-state index contributed by atoms with van der Waals surface area (Å²) in [5.74, 6) is 0.147. The van der Waals surface area contributed by atoms with Crippen LogP contribution in [0.3, 0.4) is 0 Å². The Labute approximate surface area is 105 Å². The molecule has 0 bridgehead atoms. The van der Waals surface area contributed by atoms with Crippen molar-refractivity contribution in [1.82, 2.24) is 4.90 Å². The quantitative estimate of drug-likeness (QED) is 0.832. The highest BCUT2D eigenvalue weighted by atomic mass is 35.5. The van der Waals surface area contributed by atoms with Crippen LogP contribution >= 0.6 is 12.4 Å². The van der Waals surface area contributed by atoms with Gasteiger partial charge in [-0.25, -0.2) is 0 Å². The van der Waals surface area contributed by atoms with E-state index in [2.05, 4.69) is 0 Å². The summed E-state index contributed by atoms with van der Waals surface area (Å²) in [6.07, 6.45) is 6.16. The molecule has 2 N–H and O–H groups in total. The Kier molecular flexibility index (Phi) is 7.00. The van der Waals surface area contributed by atoms with Crippen LogP contribution in [-0.4, -0.2) is 29.9 Å². The molecule has 1 saturated carbocycles. The van der Waals surface area contributed by atoms with Gasteiger partial charge in [0.15, 0.2) is 0 Å². The van der Waals surface area contributed by atoms with Crippen molar-refractivity contribution >= 4 is 18.3 Å². The zero-order valence-electron chi connectivity index (χ0n) is 10.6. The standard InChI is InChI=1S/C12H24N2O.ClH/c1-9(10(2)13)12(15)14(3)11-7-5-4-6-8-11;/h9-11H,4-8,13H2,1-3H3;1H. The van der Waals surface area contributed by atoms with E-state index in [-0.39, 0.29) is 30.3 Å². The molecule has 0 aromatic heterocycles. The van der Waals surface area contributed by atoms with E-state index in [9.17, 15) is 4.79 Å². The lowest BCUT2D eigenvalue weighted by atomic mass is 9.93. The summed E-state index contributed by atoms with van der Waals surface area (Å²) < 4.78 is 0. The van der Waals surface area contributed by atoms with Gasteiger partial charge < -0.3 is 10.6 Å². The van der Waals surface area contributed by atoms with Crippen LogP contribution in [0, 0.1) is 5.92 Å². The van der Waals surface area contributed by atoms with Gasteiger partial charge >= 0.3 is 0 Å². The summed E-state index contributed by atoms with van der Waals surface area (Å²) in [6, 6.07) is 0.399. The van der Waals surface area contributed by atoms with Crippen molar-refractivity contribution in [3.8, 4) is 0 Å². The molecule has 4 heteroatoms. The average Bonchev–Trinajstić information content (AvgIpc) is 2.27. The van der Waals surface area contributed by atoms with Crippen LogP contribution in [0.2, 0.25) is 0 Å². The van der Waals surface area contributed by atoms with Gasteiger partial charge in [0, 0.05) is 19.1 Å². The van der Waals surface area contributed by atoms with Crippen molar-refractivity contribution in [3.63, 3.8) is 0 Å². The van der Waals surface area contributed by atoms with Crippen LogP contribution in [0.25, 0.3) is 0 Å². The number of rotatable bonds is 3. The Morgan fingerprint density at radius 3 is 2.19 bits per heavy atom. The predicted molar refractivity (Wildman–Crippen MR) is 69.7 cm³/mol. The summed E-state index contributed by atoms with van der Waals surface area (Å²) in [4.78, 5) is 14.0. The van der Waals surface area contributed by atoms with Crippen molar-refractivity contribution in [2.75, 3.05) is 7.05 Å². The van der Waals surface area contributed by atoms with E-state index in [0.717, 1.165) is 12.8 Å². The fraction of sp³-hybridized carbons (Fsp3) is 0.917. The molecule has 1 amide bonds. The van der Waals surface area contributed by atoms with Gasteiger partial charge in [-0.15, -0.1) is 12.4 Å². The minimum absolute atomic E-state index is 0. The lowest BCUT2D eigenvalue weighted by Gasteiger charge is -2.33. The van der Waals surface area contributed by atoms with E-state index in [1.54, 1.807) is 0 Å². The van der Waals surface area contributed by atoms with Crippen molar-refractivity contribution in [3.05, 3.63) is 0 Å². The molecule has 0 aliphatic heterocycles. The molecule has 0 spiro atoms. The maximum Gasteiger partial charge on any atom is 0.226 e. The lowest BCUT2D eigenvalue weighted by Crippen LogP contribution is -2.45. The fourth-order valence-electron chi connectivity index (χ4n) is 2.19. The van der Waals surface area contributed by atoms with Gasteiger partial charge in [-0.1, -0.05) is 26.2 Å². The number of carbonyl (C=O) groups is 1. The van der Waals surface area contributed by atoms with Crippen LogP contribution in [-0.2, 0) is 4.79 Å². The molecule has 1 aliphatic carbocycles. The first kappa shape index (κ1) is 15.7. The first-order chi connectivity index (χ1) is 7.04. The maximum atomic E-state index is 12.0. The van der Waals surface area contributed by atoms with E-state index >= 15 is 0 Å². The molecular weight excluding hydrogens is 224 g/mol. The predicted octanol–water partition coefficient (Wildman–Crippen LogP) is 2.18. The van der Waals surface area contributed by atoms with Crippen LogP contribution < -0.4 is 5.73 Å². The highest BCUT2D eigenvalue weighted by Gasteiger charge is 2.26. The number of hydrogen-bond donors (Lipinski definition) is 1. The van der Waals surface area contributed by atoms with E-state index in [1.165, 1.54) is 19.3 Å². The van der Waals surface area contributed by atoms with E-state index in [0.29, 0.717) is 6.04 Å². The van der Waals surface area contributed by atoms with E-state index in [4.69, 9.17) is 5.73 Å². The lowest BCUT2D eigenvalue weighted by molar-refractivity contribution is -0.136. The van der Waals surface area contributed by atoms with Crippen LogP contribution in [0.4, 0.5) is 0 Å². The summed E-state index contributed by atoms with van der Waals surface area (Å²) in [5.41, 5.74) is 5.76. The second kappa shape index (κ2) is 7.13. The highest BCUT2D eigenvalue weighted by molar-refractivity contribution is 5.85. The zero-order valence-corrected chi connectivity index (χ0v) is 11.4. The Morgan fingerprint density at radius 2 is 1.75 bits per heavy atom. The van der Waals surface area contributed by atoms with Gasteiger partial charge in [0.25, 0.3) is 0 Å². The summed E-state index contributed by atoms with van der Waals surface area (Å²) in [5, 5.41) is 0. The second-order valence-electron chi connectivity index (χ2n) is 4.89. The molecule has 1 fully saturated rings. The summed E-state index contributed by atoms with van der Waals surface area (Å²) in [7, 11) is 1.93. The van der Waals surface area contributed by atoms with Crippen LogP contribution in [0.1, 0.15) is 46.0 Å². The van der Waals surface area contributed by atoms with Gasteiger partial charge in [0.1, 0.15) is 0 Å². The molecule has 0 heterocycles. The smallest absolute Gasteiger partial charge is 0.226 e. The molecule has 96 valence electrons. The largest absolute Gasteiger partial charge is 0.342 e. The first-order valence-corrected chi connectivity index (χ1v) is 6.06. The minimum atomic E-state index is -0.0584. The van der Waals surface area contributed by atoms with Gasteiger partial charge in [-0.3, -0.25) is 4.79 Å². The van der Waals surface area contributed by atoms with Gasteiger partial charge in [0.2, 0.25) is 5.91 Å². The van der Waals surface area contributed by atoms with Crippen molar-refractivity contribution < 1.29 is 4.79 Å². The van der Waals surface area contributed by atoms with Crippen molar-refractivity contribution in [1.29, 1.82) is 0 Å². The average molecular weight is 249 g/mol. The Balaban J connectivity index is 0.00000225. The van der Waals surface area contributed by atoms with Gasteiger partial charge in [-0.05, 0) is 19.8 Å². The molecule has 0 saturated heterocycles. The number of carbonyl (C=O) groups excluding carboxylic acids is 1. The molecular formula is C12H25ClN2O. The third-order valence-electron chi connectivity index (χ3n) is 3.65. The number of hydrogen-bond acceptors (Lipinski definition) is 2. The Hall–Kier alpha value is -0.280. The minimum Gasteiger partial charge on any atom is -0.342 e. The molecule has 0 aromatic carbocycles. The normalized spacial score (nSPS) is 20.8. The molecule has 1 aliphatic rings. The van der Waals surface area contributed by atoms with Gasteiger partial charge in [-0.2, -0.15) is 0 Å². The SMILES string of the molecule is CC(N)C(C)C(=O)N(C)C1CCCCC1.Cl. The fourth-order valence-corrected chi connectivity index (χ4v) is 2.19. The number of nitrogens with zero attached hydrogens (tertiary/aromatic N) is 1. The number of halogens is 1. The molecule has 1 rings (SSSR count).